The maximum absolute atomic E-state index is 5.72. The molecule has 0 aliphatic rings. The molecule has 0 aliphatic carbocycles. The summed E-state index contributed by atoms with van der Waals surface area (Å²) in [5.74, 6) is 0.745. The Bertz CT molecular complexity index is 475. The Hall–Kier alpha value is -2.11. The number of aryl methyl sites for hydroxylation is 1. The van der Waals surface area contributed by atoms with Crippen LogP contribution in [0, 0.1) is 0 Å². The molecule has 2 rings (SSSR count). The molecule has 15 heavy (non-hydrogen) atoms. The summed E-state index contributed by atoms with van der Waals surface area (Å²) in [5, 5.41) is 7.93. The number of aromatic nitrogens is 4. The Morgan fingerprint density at radius 3 is 2.73 bits per heavy atom. The largest absolute Gasteiger partial charge is 0.384 e. The van der Waals surface area contributed by atoms with Crippen LogP contribution in [-0.2, 0) is 6.42 Å². The normalized spacial score (nSPS) is 10.5. The standard InChI is InChI=1S/C9H12N6/c1-2-6-5-15(14-13-6)7-3-4-8(10)12-9(7)11/h3-5H,2H2,1H3,(H4,10,11,12). The van der Waals surface area contributed by atoms with E-state index in [1.54, 1.807) is 16.8 Å². The Morgan fingerprint density at radius 1 is 1.33 bits per heavy atom. The van der Waals surface area contributed by atoms with Gasteiger partial charge in [-0.1, -0.05) is 12.1 Å². The van der Waals surface area contributed by atoms with E-state index < -0.39 is 0 Å². The molecule has 2 heterocycles. The molecule has 0 amide bonds. The van der Waals surface area contributed by atoms with Gasteiger partial charge in [0.05, 0.1) is 11.9 Å². The van der Waals surface area contributed by atoms with E-state index in [-0.39, 0.29) is 0 Å². The maximum Gasteiger partial charge on any atom is 0.151 e. The van der Waals surface area contributed by atoms with Gasteiger partial charge in [-0.15, -0.1) is 5.10 Å². The summed E-state index contributed by atoms with van der Waals surface area (Å²) in [6, 6.07) is 3.45. The zero-order valence-electron chi connectivity index (χ0n) is 8.38. The van der Waals surface area contributed by atoms with Gasteiger partial charge >= 0.3 is 0 Å². The number of pyridine rings is 1. The van der Waals surface area contributed by atoms with Crippen LogP contribution in [0.2, 0.25) is 0 Å². The van der Waals surface area contributed by atoms with E-state index in [9.17, 15) is 0 Å². The molecule has 2 aromatic heterocycles. The molecule has 2 aromatic rings. The van der Waals surface area contributed by atoms with Crippen LogP contribution in [0.5, 0.6) is 0 Å². The second kappa shape index (κ2) is 3.56. The average molecular weight is 204 g/mol. The van der Waals surface area contributed by atoms with Crippen molar-refractivity contribution in [2.45, 2.75) is 13.3 Å². The van der Waals surface area contributed by atoms with Crippen molar-refractivity contribution in [3.8, 4) is 5.69 Å². The summed E-state index contributed by atoms with van der Waals surface area (Å²) in [6.45, 7) is 2.01. The number of hydrogen-bond donors (Lipinski definition) is 2. The van der Waals surface area contributed by atoms with Crippen molar-refractivity contribution in [1.29, 1.82) is 0 Å². The third kappa shape index (κ3) is 1.74. The van der Waals surface area contributed by atoms with Gasteiger partial charge in [-0.25, -0.2) is 9.67 Å². The van der Waals surface area contributed by atoms with Gasteiger partial charge < -0.3 is 11.5 Å². The SMILES string of the molecule is CCc1cn(-c2ccc(N)nc2N)nn1. The third-order valence-corrected chi connectivity index (χ3v) is 2.07. The number of nitrogens with two attached hydrogens (primary N) is 2. The van der Waals surface area contributed by atoms with Gasteiger partial charge in [-0.2, -0.15) is 0 Å². The summed E-state index contributed by atoms with van der Waals surface area (Å²) in [6.07, 6.45) is 2.66. The van der Waals surface area contributed by atoms with E-state index in [0.29, 0.717) is 17.3 Å². The monoisotopic (exact) mass is 204 g/mol. The van der Waals surface area contributed by atoms with E-state index in [1.165, 1.54) is 0 Å². The van der Waals surface area contributed by atoms with Crippen LogP contribution in [0.15, 0.2) is 18.3 Å². The van der Waals surface area contributed by atoms with Crippen molar-refractivity contribution in [3.63, 3.8) is 0 Å². The fourth-order valence-electron chi connectivity index (χ4n) is 1.26. The van der Waals surface area contributed by atoms with Crippen LogP contribution in [0.3, 0.4) is 0 Å². The van der Waals surface area contributed by atoms with Crippen LogP contribution in [0.1, 0.15) is 12.6 Å². The van der Waals surface area contributed by atoms with Crippen LogP contribution in [-0.4, -0.2) is 20.0 Å². The molecule has 0 unspecified atom stereocenters. The van der Waals surface area contributed by atoms with Gasteiger partial charge in [0, 0.05) is 0 Å². The highest BCUT2D eigenvalue weighted by atomic mass is 15.4. The molecule has 0 fully saturated rings. The summed E-state index contributed by atoms with van der Waals surface area (Å²) >= 11 is 0. The summed E-state index contributed by atoms with van der Waals surface area (Å²) in [7, 11) is 0. The van der Waals surface area contributed by atoms with Crippen molar-refractivity contribution in [2.24, 2.45) is 0 Å². The van der Waals surface area contributed by atoms with Crippen molar-refractivity contribution < 1.29 is 0 Å². The van der Waals surface area contributed by atoms with Gasteiger partial charge in [0.2, 0.25) is 0 Å². The van der Waals surface area contributed by atoms with Crippen molar-refractivity contribution in [1.82, 2.24) is 20.0 Å². The smallest absolute Gasteiger partial charge is 0.151 e. The first-order chi connectivity index (χ1) is 7.20. The number of rotatable bonds is 2. The predicted molar refractivity (Wildman–Crippen MR) is 57.4 cm³/mol. The average Bonchev–Trinajstić information content (AvgIpc) is 2.66. The molecule has 0 aromatic carbocycles. The number of nitrogen functional groups attached to an aromatic ring is 2. The molecule has 0 bridgehead atoms. The second-order valence-electron chi connectivity index (χ2n) is 3.15. The lowest BCUT2D eigenvalue weighted by Crippen LogP contribution is -2.04. The first-order valence-corrected chi connectivity index (χ1v) is 4.64. The molecule has 0 atom stereocenters. The van der Waals surface area contributed by atoms with Crippen molar-refractivity contribution in [2.75, 3.05) is 11.5 Å². The van der Waals surface area contributed by atoms with E-state index in [2.05, 4.69) is 15.3 Å². The molecular formula is C9H12N6. The molecule has 4 N–H and O–H groups in total. The number of anilines is 2. The van der Waals surface area contributed by atoms with E-state index in [0.717, 1.165) is 12.1 Å². The van der Waals surface area contributed by atoms with Crippen molar-refractivity contribution in [3.05, 3.63) is 24.0 Å². The minimum atomic E-state index is 0.350. The second-order valence-corrected chi connectivity index (χ2v) is 3.15. The first-order valence-electron chi connectivity index (χ1n) is 4.64. The lowest BCUT2D eigenvalue weighted by molar-refractivity contribution is 0.797. The quantitative estimate of drug-likeness (QED) is 0.737. The molecule has 6 nitrogen and oxygen atoms in total. The van der Waals surface area contributed by atoms with Gasteiger partial charge in [0.15, 0.2) is 5.82 Å². The lowest BCUT2D eigenvalue weighted by Gasteiger charge is -2.03. The maximum atomic E-state index is 5.72. The van der Waals surface area contributed by atoms with Gasteiger partial charge in [-0.3, -0.25) is 0 Å². The van der Waals surface area contributed by atoms with Crippen LogP contribution in [0.4, 0.5) is 11.6 Å². The Morgan fingerprint density at radius 2 is 2.13 bits per heavy atom. The molecule has 78 valence electrons. The van der Waals surface area contributed by atoms with Crippen LogP contribution in [0.25, 0.3) is 5.69 Å². The van der Waals surface area contributed by atoms with Gasteiger partial charge in [0.25, 0.3) is 0 Å². The molecular weight excluding hydrogens is 192 g/mol. The fraction of sp³-hybridized carbons (Fsp3) is 0.222. The van der Waals surface area contributed by atoms with Gasteiger partial charge in [0.1, 0.15) is 11.5 Å². The fourth-order valence-corrected chi connectivity index (χ4v) is 1.26. The van der Waals surface area contributed by atoms with Crippen molar-refractivity contribution >= 4 is 11.6 Å². The molecule has 0 aliphatic heterocycles. The highest BCUT2D eigenvalue weighted by molar-refractivity contribution is 5.55. The van der Waals surface area contributed by atoms with Gasteiger partial charge in [-0.05, 0) is 18.6 Å². The molecule has 0 saturated carbocycles. The highest BCUT2D eigenvalue weighted by Crippen LogP contribution is 2.15. The molecule has 0 spiro atoms. The molecule has 6 heteroatoms. The topological polar surface area (TPSA) is 95.6 Å². The van der Waals surface area contributed by atoms with Crippen LogP contribution < -0.4 is 11.5 Å². The minimum Gasteiger partial charge on any atom is -0.384 e. The zero-order chi connectivity index (χ0) is 10.8. The Labute approximate surface area is 86.9 Å². The van der Waals surface area contributed by atoms with E-state index in [4.69, 9.17) is 11.5 Å². The van der Waals surface area contributed by atoms with E-state index in [1.807, 2.05) is 13.1 Å². The molecule has 0 saturated heterocycles. The highest BCUT2D eigenvalue weighted by Gasteiger charge is 2.05. The number of hydrogen-bond acceptors (Lipinski definition) is 5. The van der Waals surface area contributed by atoms with Crippen LogP contribution >= 0.6 is 0 Å². The van der Waals surface area contributed by atoms with E-state index >= 15 is 0 Å². The summed E-state index contributed by atoms with van der Waals surface area (Å²) < 4.78 is 1.60. The predicted octanol–water partition coefficient (Wildman–Crippen LogP) is 0.389. The molecule has 0 radical (unpaired) electrons. The lowest BCUT2D eigenvalue weighted by atomic mass is 10.3. The summed E-state index contributed by atoms with van der Waals surface area (Å²) in [4.78, 5) is 3.95. The summed E-state index contributed by atoms with van der Waals surface area (Å²) in [5.41, 5.74) is 12.8. The number of nitrogens with zero attached hydrogens (tertiary/aromatic N) is 4. The first kappa shape index (κ1) is 9.45. The Kier molecular flexibility index (Phi) is 2.24. The minimum absolute atomic E-state index is 0.350. The third-order valence-electron chi connectivity index (χ3n) is 2.07. The Balaban J connectivity index is 2.44. The zero-order valence-corrected chi connectivity index (χ0v) is 8.38.